The molecule has 0 bridgehead atoms. The van der Waals surface area contributed by atoms with Crippen molar-refractivity contribution in [2.45, 2.75) is 65.0 Å². The summed E-state index contributed by atoms with van der Waals surface area (Å²) in [5.74, 6) is 0. The van der Waals surface area contributed by atoms with Crippen LogP contribution in [0, 0.1) is 0 Å². The van der Waals surface area contributed by atoms with Crippen molar-refractivity contribution in [2.75, 3.05) is 18.0 Å². The van der Waals surface area contributed by atoms with Crippen LogP contribution in [0.2, 0.25) is 0 Å². The zero-order valence-corrected chi connectivity index (χ0v) is 20.7. The van der Waals surface area contributed by atoms with E-state index in [1.54, 1.807) is 23.6 Å². The molecule has 0 atom stereocenters. The van der Waals surface area contributed by atoms with E-state index in [1.807, 2.05) is 23.3 Å². The van der Waals surface area contributed by atoms with Crippen LogP contribution in [0.5, 0.6) is 0 Å². The van der Waals surface area contributed by atoms with Crippen molar-refractivity contribution in [3.63, 3.8) is 0 Å². The number of thiophene rings is 1. The second-order valence-electron chi connectivity index (χ2n) is 8.40. The van der Waals surface area contributed by atoms with Crippen molar-refractivity contribution in [3.8, 4) is 11.4 Å². The second-order valence-corrected chi connectivity index (χ2v) is 9.50. The fraction of sp³-hybridized carbons (Fsp3) is 0.462. The normalized spacial score (nSPS) is 12.0. The molecule has 0 fully saturated rings. The van der Waals surface area contributed by atoms with Crippen LogP contribution in [0.1, 0.15) is 74.9 Å². The highest BCUT2D eigenvalue weighted by molar-refractivity contribution is 7.17. The summed E-state index contributed by atoms with van der Waals surface area (Å²) in [6.07, 6.45) is 9.80. The van der Waals surface area contributed by atoms with E-state index in [9.17, 15) is 13.2 Å². The molecule has 0 radical (unpaired) electrons. The number of alkyl halides is 3. The molecule has 3 aromatic heterocycles. The lowest BCUT2D eigenvalue weighted by Gasteiger charge is -2.23. The van der Waals surface area contributed by atoms with Gasteiger partial charge in [0, 0.05) is 24.2 Å². The number of halogens is 3. The van der Waals surface area contributed by atoms with Gasteiger partial charge in [0.2, 0.25) is 0 Å². The lowest BCUT2D eigenvalue weighted by molar-refractivity contribution is -0.141. The molecule has 1 N–H and O–H groups in total. The molecule has 0 aromatic carbocycles. The fourth-order valence-corrected chi connectivity index (χ4v) is 4.64. The van der Waals surface area contributed by atoms with Crippen molar-refractivity contribution < 1.29 is 13.2 Å². The Labute approximate surface area is 203 Å². The summed E-state index contributed by atoms with van der Waals surface area (Å²) < 4.78 is 38.5. The molecule has 0 aliphatic heterocycles. The summed E-state index contributed by atoms with van der Waals surface area (Å²) in [6.45, 7) is 6.63. The van der Waals surface area contributed by atoms with Gasteiger partial charge in [0.1, 0.15) is 11.4 Å². The van der Waals surface area contributed by atoms with E-state index < -0.39 is 11.9 Å². The van der Waals surface area contributed by atoms with Gasteiger partial charge in [-0.1, -0.05) is 52.0 Å². The predicted octanol–water partition coefficient (Wildman–Crippen LogP) is 8.30. The van der Waals surface area contributed by atoms with Gasteiger partial charge in [-0.3, -0.25) is 10.1 Å². The van der Waals surface area contributed by atoms with Gasteiger partial charge >= 0.3 is 6.18 Å². The summed E-state index contributed by atoms with van der Waals surface area (Å²) in [5.41, 5.74) is 0.548. The zero-order valence-electron chi connectivity index (χ0n) is 19.9. The van der Waals surface area contributed by atoms with Crippen LogP contribution in [0.4, 0.5) is 18.2 Å². The maximum absolute atomic E-state index is 12.8. The first kappa shape index (κ1) is 26.0. The van der Waals surface area contributed by atoms with Crippen molar-refractivity contribution in [3.05, 3.63) is 52.7 Å². The van der Waals surface area contributed by atoms with E-state index in [0.717, 1.165) is 29.6 Å². The highest BCUT2D eigenvalue weighted by Crippen LogP contribution is 2.31. The molecule has 0 amide bonds. The van der Waals surface area contributed by atoms with Crippen LogP contribution in [0.3, 0.4) is 0 Å². The first-order chi connectivity index (χ1) is 16.4. The number of anilines is 1. The minimum Gasteiger partial charge on any atom is -0.363 e. The minimum atomic E-state index is -4.46. The standard InChI is InChI=1S/C26H33F3N4S/c1-3-5-7-9-17-33(16-8-6-4-2)25-13-12-21(34-25)11-10-20-14-15-30-22(18-20)23-19-24(32-31-23)26(27,28)29/h10-15,18-19H,3-9,16-17H2,1-2H3,(H,31,32)/b11-10+. The monoisotopic (exact) mass is 490 g/mol. The number of pyridine rings is 1. The molecule has 0 saturated heterocycles. The molecule has 0 aliphatic carbocycles. The number of unbranched alkanes of at least 4 members (excludes halogenated alkanes) is 5. The smallest absolute Gasteiger partial charge is 0.363 e. The van der Waals surface area contributed by atoms with E-state index in [1.165, 1.54) is 49.9 Å². The molecule has 34 heavy (non-hydrogen) atoms. The van der Waals surface area contributed by atoms with Crippen LogP contribution in [-0.2, 0) is 6.18 Å². The Morgan fingerprint density at radius 1 is 0.912 bits per heavy atom. The summed E-state index contributed by atoms with van der Waals surface area (Å²) in [7, 11) is 0. The quantitative estimate of drug-likeness (QED) is 0.245. The third kappa shape index (κ3) is 7.72. The SMILES string of the molecule is CCCCCCN(CCCCC)c1ccc(/C=C/c2ccnc(-c3cc(C(F)(F)F)[nH]n3)c2)s1. The van der Waals surface area contributed by atoms with E-state index >= 15 is 0 Å². The molecule has 3 heterocycles. The maximum atomic E-state index is 12.8. The Kier molecular flexibility index (Phi) is 9.74. The maximum Gasteiger partial charge on any atom is 0.432 e. The highest BCUT2D eigenvalue weighted by atomic mass is 32.1. The van der Waals surface area contributed by atoms with Gasteiger partial charge in [0.25, 0.3) is 0 Å². The number of hydrogen-bond donors (Lipinski definition) is 1. The molecular formula is C26H33F3N4S. The number of hydrogen-bond acceptors (Lipinski definition) is 4. The molecule has 184 valence electrons. The predicted molar refractivity (Wildman–Crippen MR) is 136 cm³/mol. The summed E-state index contributed by atoms with van der Waals surface area (Å²) >= 11 is 1.77. The largest absolute Gasteiger partial charge is 0.432 e. The fourth-order valence-electron chi connectivity index (χ4n) is 3.68. The van der Waals surface area contributed by atoms with Crippen LogP contribution < -0.4 is 4.90 Å². The van der Waals surface area contributed by atoms with Gasteiger partial charge in [0.15, 0.2) is 0 Å². The van der Waals surface area contributed by atoms with E-state index in [-0.39, 0.29) is 5.69 Å². The Morgan fingerprint density at radius 3 is 2.35 bits per heavy atom. The van der Waals surface area contributed by atoms with Gasteiger partial charge in [0.05, 0.1) is 10.7 Å². The minimum absolute atomic E-state index is 0.173. The number of aromatic nitrogens is 3. The molecule has 0 spiro atoms. The Bertz CT molecular complexity index is 1040. The van der Waals surface area contributed by atoms with E-state index in [0.29, 0.717) is 5.69 Å². The molecule has 0 unspecified atom stereocenters. The average molecular weight is 491 g/mol. The highest BCUT2D eigenvalue weighted by Gasteiger charge is 2.33. The average Bonchev–Trinajstić information content (AvgIpc) is 3.50. The molecule has 3 aromatic rings. The second kappa shape index (κ2) is 12.7. The first-order valence-electron chi connectivity index (χ1n) is 12.0. The molecule has 3 rings (SSSR count). The van der Waals surface area contributed by atoms with Crippen LogP contribution in [0.25, 0.3) is 23.5 Å². The van der Waals surface area contributed by atoms with Crippen molar-refractivity contribution in [2.24, 2.45) is 0 Å². The third-order valence-electron chi connectivity index (χ3n) is 5.61. The topological polar surface area (TPSA) is 44.8 Å². The van der Waals surface area contributed by atoms with Gasteiger partial charge in [-0.15, -0.1) is 11.3 Å². The number of nitrogens with one attached hydrogen (secondary N) is 1. The third-order valence-corrected chi connectivity index (χ3v) is 6.72. The molecule has 0 aliphatic rings. The summed E-state index contributed by atoms with van der Waals surface area (Å²) in [5, 5.41) is 7.10. The zero-order chi connectivity index (χ0) is 24.4. The van der Waals surface area contributed by atoms with Gasteiger partial charge in [-0.2, -0.15) is 18.3 Å². The van der Waals surface area contributed by atoms with Gasteiger partial charge in [-0.05, 0) is 54.8 Å². The van der Waals surface area contributed by atoms with Gasteiger partial charge < -0.3 is 4.90 Å². The van der Waals surface area contributed by atoms with Crippen molar-refractivity contribution in [1.29, 1.82) is 0 Å². The first-order valence-corrected chi connectivity index (χ1v) is 12.8. The lowest BCUT2D eigenvalue weighted by atomic mass is 10.1. The van der Waals surface area contributed by atoms with Crippen molar-refractivity contribution >= 4 is 28.5 Å². The molecule has 8 heteroatoms. The van der Waals surface area contributed by atoms with E-state index in [2.05, 4.69) is 41.0 Å². The molecular weight excluding hydrogens is 457 g/mol. The Balaban J connectivity index is 1.68. The number of aromatic amines is 1. The van der Waals surface area contributed by atoms with E-state index in [4.69, 9.17) is 0 Å². The number of H-pyrrole nitrogens is 1. The summed E-state index contributed by atoms with van der Waals surface area (Å²) in [6, 6.07) is 8.87. The molecule has 0 saturated carbocycles. The van der Waals surface area contributed by atoms with Crippen LogP contribution in [-0.4, -0.2) is 28.3 Å². The number of nitrogens with zero attached hydrogens (tertiary/aromatic N) is 3. The lowest BCUT2D eigenvalue weighted by Crippen LogP contribution is -2.24. The molecule has 4 nitrogen and oxygen atoms in total. The van der Waals surface area contributed by atoms with Gasteiger partial charge in [-0.25, -0.2) is 0 Å². The Hall–Kier alpha value is -2.61. The van der Waals surface area contributed by atoms with Crippen LogP contribution in [0.15, 0.2) is 36.5 Å². The van der Waals surface area contributed by atoms with Crippen molar-refractivity contribution in [1.82, 2.24) is 15.2 Å². The summed E-state index contributed by atoms with van der Waals surface area (Å²) in [4.78, 5) is 7.82. The Morgan fingerprint density at radius 2 is 1.65 bits per heavy atom. The van der Waals surface area contributed by atoms with Crippen LogP contribution >= 0.6 is 11.3 Å². The number of rotatable bonds is 13.